The Balaban J connectivity index is 1.87. The van der Waals surface area contributed by atoms with Crippen molar-refractivity contribution in [1.82, 2.24) is 9.80 Å². The van der Waals surface area contributed by atoms with Gasteiger partial charge in [-0.25, -0.2) is 4.79 Å². The SMILES string of the molecule is [CH2]CN1CCN(C(=O)Nc2ccc(OC(F)(F)F)cc2)CC1. The Morgan fingerprint density at radius 3 is 2.27 bits per heavy atom. The number of piperazine rings is 1. The van der Waals surface area contributed by atoms with E-state index in [1.54, 1.807) is 4.90 Å². The van der Waals surface area contributed by atoms with E-state index in [4.69, 9.17) is 0 Å². The van der Waals surface area contributed by atoms with Crippen molar-refractivity contribution in [2.45, 2.75) is 6.36 Å². The van der Waals surface area contributed by atoms with Crippen LogP contribution >= 0.6 is 0 Å². The molecule has 1 aliphatic rings. The highest BCUT2D eigenvalue weighted by atomic mass is 19.4. The zero-order chi connectivity index (χ0) is 16.2. The molecule has 2 rings (SSSR count). The van der Waals surface area contributed by atoms with Crippen LogP contribution in [0, 0.1) is 6.92 Å². The number of alkyl halides is 3. The van der Waals surface area contributed by atoms with Gasteiger partial charge in [0.05, 0.1) is 0 Å². The van der Waals surface area contributed by atoms with Gasteiger partial charge in [0.25, 0.3) is 0 Å². The smallest absolute Gasteiger partial charge is 0.406 e. The van der Waals surface area contributed by atoms with Gasteiger partial charge < -0.3 is 15.0 Å². The summed E-state index contributed by atoms with van der Waals surface area (Å²) >= 11 is 0. The van der Waals surface area contributed by atoms with Crippen LogP contribution in [-0.4, -0.2) is 54.9 Å². The minimum absolute atomic E-state index is 0.270. The van der Waals surface area contributed by atoms with Crippen LogP contribution in [0.5, 0.6) is 5.75 Å². The Morgan fingerprint density at radius 1 is 1.18 bits per heavy atom. The molecular formula is C14H17F3N3O2. The van der Waals surface area contributed by atoms with Gasteiger partial charge in [-0.3, -0.25) is 4.90 Å². The van der Waals surface area contributed by atoms with Gasteiger partial charge >= 0.3 is 12.4 Å². The average molecular weight is 316 g/mol. The highest BCUT2D eigenvalue weighted by Crippen LogP contribution is 2.24. The van der Waals surface area contributed by atoms with E-state index in [2.05, 4.69) is 21.9 Å². The Morgan fingerprint density at radius 2 is 1.77 bits per heavy atom. The monoisotopic (exact) mass is 316 g/mol. The van der Waals surface area contributed by atoms with Gasteiger partial charge in [0, 0.05) is 31.9 Å². The van der Waals surface area contributed by atoms with Crippen LogP contribution in [0.4, 0.5) is 23.7 Å². The van der Waals surface area contributed by atoms with Gasteiger partial charge in [-0.15, -0.1) is 13.2 Å². The zero-order valence-corrected chi connectivity index (χ0v) is 11.9. The minimum atomic E-state index is -4.72. The molecule has 1 aromatic carbocycles. The van der Waals surface area contributed by atoms with E-state index in [-0.39, 0.29) is 11.8 Å². The van der Waals surface area contributed by atoms with Gasteiger partial charge in [-0.2, -0.15) is 0 Å². The van der Waals surface area contributed by atoms with Crippen molar-refractivity contribution < 1.29 is 22.7 Å². The summed E-state index contributed by atoms with van der Waals surface area (Å²) < 4.78 is 39.9. The highest BCUT2D eigenvalue weighted by Gasteiger charge is 2.31. The zero-order valence-electron chi connectivity index (χ0n) is 11.9. The van der Waals surface area contributed by atoms with E-state index < -0.39 is 6.36 Å². The molecule has 0 bridgehead atoms. The molecule has 1 saturated heterocycles. The Kier molecular flexibility index (Phi) is 5.12. The Labute approximate surface area is 126 Å². The molecule has 0 aromatic heterocycles. The van der Waals surface area contributed by atoms with E-state index in [1.165, 1.54) is 12.1 Å². The molecule has 8 heteroatoms. The van der Waals surface area contributed by atoms with Crippen molar-refractivity contribution in [1.29, 1.82) is 0 Å². The summed E-state index contributed by atoms with van der Waals surface area (Å²) in [4.78, 5) is 15.8. The van der Waals surface area contributed by atoms with E-state index in [9.17, 15) is 18.0 Å². The molecule has 5 nitrogen and oxygen atoms in total. The normalized spacial score (nSPS) is 16.5. The van der Waals surface area contributed by atoms with Crippen LogP contribution in [0.1, 0.15) is 0 Å². The number of halogens is 3. The number of carbonyl (C=O) groups is 1. The van der Waals surface area contributed by atoms with E-state index in [0.717, 1.165) is 25.2 Å². The van der Waals surface area contributed by atoms with E-state index in [0.29, 0.717) is 25.3 Å². The molecule has 1 N–H and O–H groups in total. The number of anilines is 1. The van der Waals surface area contributed by atoms with E-state index >= 15 is 0 Å². The number of amides is 2. The first-order valence-corrected chi connectivity index (χ1v) is 6.81. The molecule has 0 unspecified atom stereocenters. The largest absolute Gasteiger partial charge is 0.573 e. The highest BCUT2D eigenvalue weighted by molar-refractivity contribution is 5.89. The summed E-state index contributed by atoms with van der Waals surface area (Å²) in [5.41, 5.74) is 0.416. The fourth-order valence-corrected chi connectivity index (χ4v) is 2.12. The molecule has 0 spiro atoms. The van der Waals surface area contributed by atoms with Crippen LogP contribution in [0.2, 0.25) is 0 Å². The fraction of sp³-hybridized carbons (Fsp3) is 0.429. The molecule has 0 saturated carbocycles. The maximum absolute atomic E-state index is 12.0. The molecule has 1 fully saturated rings. The van der Waals surface area contributed by atoms with Crippen LogP contribution < -0.4 is 10.1 Å². The van der Waals surface area contributed by atoms with Gasteiger partial charge in [0.15, 0.2) is 0 Å². The first-order valence-electron chi connectivity index (χ1n) is 6.81. The van der Waals surface area contributed by atoms with Crippen molar-refractivity contribution in [3.63, 3.8) is 0 Å². The number of urea groups is 1. The lowest BCUT2D eigenvalue weighted by Crippen LogP contribution is -2.49. The predicted octanol–water partition coefficient (Wildman–Crippen LogP) is 2.57. The second kappa shape index (κ2) is 6.87. The van der Waals surface area contributed by atoms with Crippen LogP contribution in [0.25, 0.3) is 0 Å². The van der Waals surface area contributed by atoms with Gasteiger partial charge in [0.2, 0.25) is 0 Å². The number of nitrogens with one attached hydrogen (secondary N) is 1. The van der Waals surface area contributed by atoms with Crippen LogP contribution in [0.3, 0.4) is 0 Å². The molecule has 121 valence electrons. The molecule has 0 atom stereocenters. The van der Waals surface area contributed by atoms with Crippen LogP contribution in [-0.2, 0) is 0 Å². The van der Waals surface area contributed by atoms with E-state index in [1.807, 2.05) is 0 Å². The molecule has 1 aliphatic heterocycles. The minimum Gasteiger partial charge on any atom is -0.406 e. The first-order chi connectivity index (χ1) is 10.4. The number of benzene rings is 1. The van der Waals surface area contributed by atoms with Gasteiger partial charge in [0.1, 0.15) is 5.75 Å². The summed E-state index contributed by atoms with van der Waals surface area (Å²) in [5, 5.41) is 2.65. The molecular weight excluding hydrogens is 299 g/mol. The number of nitrogens with zero attached hydrogens (tertiary/aromatic N) is 2. The maximum Gasteiger partial charge on any atom is 0.573 e. The van der Waals surface area contributed by atoms with Crippen molar-refractivity contribution in [3.05, 3.63) is 31.2 Å². The molecule has 22 heavy (non-hydrogen) atoms. The fourth-order valence-electron chi connectivity index (χ4n) is 2.12. The number of rotatable bonds is 3. The molecule has 0 aliphatic carbocycles. The number of hydrogen-bond acceptors (Lipinski definition) is 3. The molecule has 1 heterocycles. The quantitative estimate of drug-likeness (QED) is 0.932. The van der Waals surface area contributed by atoms with Gasteiger partial charge in [-0.1, -0.05) is 0 Å². The molecule has 2 amide bonds. The van der Waals surface area contributed by atoms with Crippen molar-refractivity contribution in [2.24, 2.45) is 0 Å². The third-order valence-corrected chi connectivity index (χ3v) is 3.31. The van der Waals surface area contributed by atoms with Crippen molar-refractivity contribution in [2.75, 3.05) is 38.0 Å². The lowest BCUT2D eigenvalue weighted by atomic mass is 10.3. The number of hydrogen-bond donors (Lipinski definition) is 1. The first kappa shape index (κ1) is 16.4. The molecule has 1 aromatic rings. The standard InChI is InChI=1S/C14H17F3N3O2/c1-2-19-7-9-20(10-8-19)13(21)18-11-3-5-12(6-4-11)22-14(15,16)17/h3-6H,1-2,7-10H2,(H,18,21). The summed E-state index contributed by atoms with van der Waals surface area (Å²) in [6.07, 6.45) is -4.72. The number of carbonyl (C=O) groups excluding carboxylic acids is 1. The molecule has 1 radical (unpaired) electrons. The summed E-state index contributed by atoms with van der Waals surface area (Å²) in [6, 6.07) is 4.78. The van der Waals surface area contributed by atoms with Crippen molar-refractivity contribution >= 4 is 11.7 Å². The predicted molar refractivity (Wildman–Crippen MR) is 75.5 cm³/mol. The van der Waals surface area contributed by atoms with Crippen LogP contribution in [0.15, 0.2) is 24.3 Å². The van der Waals surface area contributed by atoms with Crippen molar-refractivity contribution in [3.8, 4) is 5.75 Å². The summed E-state index contributed by atoms with van der Waals surface area (Å²) in [5.74, 6) is -0.324. The summed E-state index contributed by atoms with van der Waals surface area (Å²) in [6.45, 7) is 7.21. The summed E-state index contributed by atoms with van der Waals surface area (Å²) in [7, 11) is 0. The average Bonchev–Trinajstić information content (AvgIpc) is 2.48. The Bertz CT molecular complexity index is 497. The second-order valence-corrected chi connectivity index (χ2v) is 4.83. The lowest BCUT2D eigenvalue weighted by molar-refractivity contribution is -0.274. The lowest BCUT2D eigenvalue weighted by Gasteiger charge is -2.33. The Hall–Kier alpha value is -1.96. The van der Waals surface area contributed by atoms with Gasteiger partial charge in [-0.05, 0) is 37.7 Å². The maximum atomic E-state index is 12.0. The second-order valence-electron chi connectivity index (χ2n) is 4.83. The third kappa shape index (κ3) is 4.80. The topological polar surface area (TPSA) is 44.8 Å². The third-order valence-electron chi connectivity index (χ3n) is 3.31. The number of ether oxygens (including phenoxy) is 1.